The van der Waals surface area contributed by atoms with E-state index in [0.29, 0.717) is 13.2 Å². The van der Waals surface area contributed by atoms with Gasteiger partial charge in [0, 0.05) is 22.6 Å². The van der Waals surface area contributed by atoms with E-state index in [1.165, 1.54) is 21.3 Å². The van der Waals surface area contributed by atoms with E-state index in [0.717, 1.165) is 0 Å². The van der Waals surface area contributed by atoms with E-state index in [1.807, 2.05) is 0 Å². The van der Waals surface area contributed by atoms with E-state index in [9.17, 15) is 9.36 Å². The van der Waals surface area contributed by atoms with Gasteiger partial charge in [-0.1, -0.05) is 0 Å². The molecule has 0 heterocycles. The molecule has 7 nitrogen and oxygen atoms in total. The molecule has 0 bridgehead atoms. The predicted molar refractivity (Wildman–Crippen MR) is 73.4 cm³/mol. The van der Waals surface area contributed by atoms with Crippen LogP contribution < -0.4 is 0 Å². The Morgan fingerprint density at radius 3 is 1.79 bits per heavy atom. The summed E-state index contributed by atoms with van der Waals surface area (Å²) in [6.45, 7) is 4.11. The van der Waals surface area contributed by atoms with Crippen molar-refractivity contribution < 1.29 is 32.2 Å². The second kappa shape index (κ2) is 10.8. The maximum Gasteiger partial charge on any atom is 0.353 e. The SMILES string of the molecule is CCOP(OCC)C(C(=O)OC)P(=O)(OC)OC.[B]. The number of carbonyl (C=O) groups excluding carboxylic acids is 1. The zero-order valence-electron chi connectivity index (χ0n) is 11.8. The molecule has 19 heavy (non-hydrogen) atoms. The average Bonchev–Trinajstić information content (AvgIpc) is 2.38. The molecule has 1 atom stereocenters. The number of esters is 1. The molecule has 0 aromatic heterocycles. The molecular weight excluding hydrogens is 293 g/mol. The van der Waals surface area contributed by atoms with Gasteiger partial charge in [-0.2, -0.15) is 0 Å². The van der Waals surface area contributed by atoms with Crippen LogP contribution in [-0.2, 0) is 32.2 Å². The summed E-state index contributed by atoms with van der Waals surface area (Å²) in [7, 11) is -1.84. The van der Waals surface area contributed by atoms with Gasteiger partial charge in [-0.15, -0.1) is 0 Å². The summed E-state index contributed by atoms with van der Waals surface area (Å²) in [5.41, 5.74) is 0. The third-order valence-electron chi connectivity index (χ3n) is 1.93. The number of hydrogen-bond donors (Lipinski definition) is 0. The lowest BCUT2D eigenvalue weighted by Gasteiger charge is -2.27. The van der Waals surface area contributed by atoms with E-state index in [-0.39, 0.29) is 8.41 Å². The highest BCUT2D eigenvalue weighted by Crippen LogP contribution is 2.65. The van der Waals surface area contributed by atoms with Crippen LogP contribution in [0.3, 0.4) is 0 Å². The topological polar surface area (TPSA) is 80.3 Å². The van der Waals surface area contributed by atoms with Crippen LogP contribution in [0, 0.1) is 0 Å². The number of methoxy groups -OCH3 is 1. The second-order valence-electron chi connectivity index (χ2n) is 2.92. The largest absolute Gasteiger partial charge is 0.468 e. The summed E-state index contributed by atoms with van der Waals surface area (Å²) in [6.07, 6.45) is 0. The Labute approximate surface area is 117 Å². The Morgan fingerprint density at radius 2 is 1.53 bits per heavy atom. The van der Waals surface area contributed by atoms with Crippen molar-refractivity contribution in [1.82, 2.24) is 0 Å². The van der Waals surface area contributed by atoms with Crippen molar-refractivity contribution in [3.63, 3.8) is 0 Å². The van der Waals surface area contributed by atoms with E-state index >= 15 is 0 Å². The van der Waals surface area contributed by atoms with E-state index < -0.39 is 27.3 Å². The second-order valence-corrected chi connectivity index (χ2v) is 7.26. The number of rotatable bonds is 9. The number of ether oxygens (including phenoxy) is 1. The monoisotopic (exact) mass is 313 g/mol. The Hall–Kier alpha value is 0.0349. The third-order valence-corrected chi connectivity index (χ3v) is 6.81. The minimum absolute atomic E-state index is 0. The molecule has 0 aliphatic heterocycles. The van der Waals surface area contributed by atoms with E-state index in [2.05, 4.69) is 4.74 Å². The lowest BCUT2D eigenvalue weighted by Crippen LogP contribution is -2.24. The molecule has 0 aliphatic rings. The van der Waals surface area contributed by atoms with Crippen LogP contribution in [0.1, 0.15) is 13.8 Å². The normalized spacial score (nSPS) is 12.9. The minimum atomic E-state index is -3.68. The first-order valence-corrected chi connectivity index (χ1v) is 8.20. The predicted octanol–water partition coefficient (Wildman–Crippen LogP) is 1.98. The fraction of sp³-hybridized carbons (Fsp3) is 0.889. The molecular formula is C9H20BO7P2. The first-order valence-electron chi connectivity index (χ1n) is 5.34. The molecule has 111 valence electrons. The fourth-order valence-corrected chi connectivity index (χ4v) is 5.09. The molecule has 0 saturated heterocycles. The van der Waals surface area contributed by atoms with E-state index in [4.69, 9.17) is 18.1 Å². The molecule has 0 spiro atoms. The van der Waals surface area contributed by atoms with Gasteiger partial charge in [-0.05, 0) is 13.8 Å². The minimum Gasteiger partial charge on any atom is -0.468 e. The van der Waals surface area contributed by atoms with Gasteiger partial charge < -0.3 is 22.8 Å². The Kier molecular flexibility index (Phi) is 12.1. The first kappa shape index (κ1) is 21.3. The van der Waals surface area contributed by atoms with Gasteiger partial charge >= 0.3 is 13.6 Å². The van der Waals surface area contributed by atoms with Crippen molar-refractivity contribution in [2.24, 2.45) is 0 Å². The summed E-state index contributed by atoms with van der Waals surface area (Å²) >= 11 is 0. The summed E-state index contributed by atoms with van der Waals surface area (Å²) in [4.78, 5) is 11.8. The Bertz CT molecular complexity index is 288. The quantitative estimate of drug-likeness (QED) is 0.366. The van der Waals surface area contributed by atoms with Gasteiger partial charge in [0.15, 0.2) is 8.38 Å². The summed E-state index contributed by atoms with van der Waals surface area (Å²) < 4.78 is 37.3. The van der Waals surface area contributed by atoms with Gasteiger partial charge in [0.1, 0.15) is 0 Å². The molecule has 10 heteroatoms. The Morgan fingerprint density at radius 1 is 1.11 bits per heavy atom. The number of hydrogen-bond acceptors (Lipinski definition) is 7. The summed E-state index contributed by atoms with van der Waals surface area (Å²) in [5, 5.41) is -1.22. The maximum atomic E-state index is 12.4. The van der Waals surface area contributed by atoms with Crippen LogP contribution in [0.5, 0.6) is 0 Å². The van der Waals surface area contributed by atoms with Gasteiger partial charge in [0.25, 0.3) is 0 Å². The summed E-state index contributed by atoms with van der Waals surface area (Å²) in [6, 6.07) is 0. The molecule has 3 radical (unpaired) electrons. The van der Waals surface area contributed by atoms with Gasteiger partial charge in [0.05, 0.1) is 20.3 Å². The maximum absolute atomic E-state index is 12.4. The lowest BCUT2D eigenvalue weighted by atomic mass is 10.8. The molecule has 0 N–H and O–H groups in total. The highest BCUT2D eigenvalue weighted by Gasteiger charge is 2.49. The van der Waals surface area contributed by atoms with Crippen molar-refractivity contribution in [2.75, 3.05) is 34.5 Å². The molecule has 0 saturated carbocycles. The zero-order valence-corrected chi connectivity index (χ0v) is 13.6. The lowest BCUT2D eigenvalue weighted by molar-refractivity contribution is -0.139. The molecule has 0 rings (SSSR count). The van der Waals surface area contributed by atoms with Crippen molar-refractivity contribution in [3.8, 4) is 0 Å². The molecule has 0 fully saturated rings. The molecule has 0 aliphatic carbocycles. The van der Waals surface area contributed by atoms with Gasteiger partial charge in [-0.3, -0.25) is 9.36 Å². The molecule has 0 aromatic carbocycles. The highest BCUT2D eigenvalue weighted by molar-refractivity contribution is 7.71. The van der Waals surface area contributed by atoms with Crippen LogP contribution >= 0.6 is 16.0 Å². The van der Waals surface area contributed by atoms with Crippen molar-refractivity contribution in [2.45, 2.75) is 19.2 Å². The van der Waals surface area contributed by atoms with Crippen molar-refractivity contribution in [1.29, 1.82) is 0 Å². The van der Waals surface area contributed by atoms with Gasteiger partial charge in [0.2, 0.25) is 5.40 Å². The first-order chi connectivity index (χ1) is 8.50. The van der Waals surface area contributed by atoms with Crippen LogP contribution in [0.2, 0.25) is 0 Å². The average molecular weight is 313 g/mol. The molecule has 1 unspecified atom stereocenters. The summed E-state index contributed by atoms with van der Waals surface area (Å²) in [5.74, 6) is -0.741. The zero-order chi connectivity index (χ0) is 14.2. The van der Waals surface area contributed by atoms with Crippen LogP contribution in [-0.4, -0.2) is 54.3 Å². The fourth-order valence-electron chi connectivity index (χ4n) is 1.14. The molecule has 0 amide bonds. The van der Waals surface area contributed by atoms with Crippen molar-refractivity contribution >= 4 is 30.4 Å². The number of carbonyl (C=O) groups is 1. The van der Waals surface area contributed by atoms with E-state index in [1.54, 1.807) is 13.8 Å². The third kappa shape index (κ3) is 5.90. The standard InChI is InChI=1S/C9H20O7P2.B/c1-6-15-17(16-7-2)9(8(10)12-3)18(11,13-4)14-5;/h9H,6-7H2,1-5H3;. The van der Waals surface area contributed by atoms with Crippen LogP contribution in [0.15, 0.2) is 0 Å². The van der Waals surface area contributed by atoms with Crippen molar-refractivity contribution in [3.05, 3.63) is 0 Å². The highest BCUT2D eigenvalue weighted by atomic mass is 31.2. The molecule has 0 aromatic rings. The van der Waals surface area contributed by atoms with Crippen LogP contribution in [0.4, 0.5) is 0 Å². The van der Waals surface area contributed by atoms with Gasteiger partial charge in [-0.25, -0.2) is 0 Å². The smallest absolute Gasteiger partial charge is 0.353 e. The Balaban J connectivity index is 0. The van der Waals surface area contributed by atoms with Crippen LogP contribution in [0.25, 0.3) is 0 Å².